The summed E-state index contributed by atoms with van der Waals surface area (Å²) in [6.07, 6.45) is -5.18. The molecule has 0 aromatic heterocycles. The molecule has 0 saturated carbocycles. The molecular weight excluding hydrogens is 396 g/mol. The van der Waals surface area contributed by atoms with E-state index in [2.05, 4.69) is 4.74 Å². The quantitative estimate of drug-likeness (QED) is 0.617. The molecule has 18 heavy (non-hydrogen) atoms. The summed E-state index contributed by atoms with van der Waals surface area (Å²) in [6.45, 7) is 0. The van der Waals surface area contributed by atoms with Gasteiger partial charge >= 0.3 is 26.2 Å². The molecule has 0 aliphatic rings. The summed E-state index contributed by atoms with van der Waals surface area (Å²) < 4.78 is 90.4. The molecule has 6 nitrogen and oxygen atoms in total. The van der Waals surface area contributed by atoms with Crippen molar-refractivity contribution in [2.75, 3.05) is 0 Å². The van der Waals surface area contributed by atoms with Crippen LogP contribution >= 0.6 is 19.8 Å². The molecule has 1 rings (SSSR count). The minimum atomic E-state index is -5.18. The highest BCUT2D eigenvalue weighted by Crippen LogP contribution is 2.36. The summed E-state index contributed by atoms with van der Waals surface area (Å²) in [5, 5.41) is 0. The maximum absolute atomic E-state index is 12.0. The van der Waals surface area contributed by atoms with E-state index in [-0.39, 0.29) is 0 Å². The number of ether oxygens (including phenoxy) is 1. The zero-order valence-electron chi connectivity index (χ0n) is 8.14. The highest BCUT2D eigenvalue weighted by atomic mass is 127. The van der Waals surface area contributed by atoms with Gasteiger partial charge in [0.15, 0.2) is 0 Å². The van der Waals surface area contributed by atoms with Crippen molar-refractivity contribution in [3.63, 3.8) is 0 Å². The van der Waals surface area contributed by atoms with Crippen LogP contribution in [0.2, 0.25) is 0 Å². The van der Waals surface area contributed by atoms with E-state index in [0.29, 0.717) is 12.1 Å². The van der Waals surface area contributed by atoms with Gasteiger partial charge in [0, 0.05) is 0 Å². The van der Waals surface area contributed by atoms with Crippen molar-refractivity contribution in [2.45, 2.75) is 11.3 Å². The SMILES string of the molecule is O=I(=O)c1c(OC(F)(F)F)cccc1S(=O)(=O)O. The van der Waals surface area contributed by atoms with Crippen LogP contribution < -0.4 is 4.74 Å². The lowest BCUT2D eigenvalue weighted by atomic mass is 10.3. The molecule has 0 amide bonds. The van der Waals surface area contributed by atoms with Crippen molar-refractivity contribution < 1.29 is 37.0 Å². The van der Waals surface area contributed by atoms with E-state index in [1.165, 1.54) is 0 Å². The van der Waals surface area contributed by atoms with E-state index in [1.54, 1.807) is 0 Å². The summed E-state index contributed by atoms with van der Waals surface area (Å²) in [4.78, 5) is -1.14. The predicted molar refractivity (Wildman–Crippen MR) is 57.0 cm³/mol. The fourth-order valence-electron chi connectivity index (χ4n) is 1.05. The Hall–Kier alpha value is -0.950. The topological polar surface area (TPSA) is 97.7 Å². The average Bonchev–Trinajstić information content (AvgIpc) is 2.12. The highest BCUT2D eigenvalue weighted by molar-refractivity contribution is 14.2. The standard InChI is InChI=1S/C7H4F3IO6S/c8-7(9,10)17-4-2-1-3-5(18(14,15)16)6(4)11(12)13/h1-3H,(H,14,15,16). The normalized spacial score (nSPS) is 12.7. The smallest absolute Gasteiger partial charge is 0.404 e. The molecule has 0 fully saturated rings. The lowest BCUT2D eigenvalue weighted by molar-refractivity contribution is -0.275. The molecule has 0 aliphatic carbocycles. The summed E-state index contributed by atoms with van der Waals surface area (Å²) in [7, 11) is -4.96. The lowest BCUT2D eigenvalue weighted by Gasteiger charge is -2.11. The van der Waals surface area contributed by atoms with E-state index >= 15 is 0 Å². The van der Waals surface area contributed by atoms with E-state index in [4.69, 9.17) is 4.55 Å². The van der Waals surface area contributed by atoms with Crippen LogP contribution in [0.3, 0.4) is 0 Å². The fraction of sp³-hybridized carbons (Fsp3) is 0.143. The van der Waals surface area contributed by atoms with Crippen LogP contribution in [-0.2, 0) is 16.3 Å². The number of hydrogen-bond donors (Lipinski definition) is 1. The molecule has 0 radical (unpaired) electrons. The van der Waals surface area contributed by atoms with Crippen molar-refractivity contribution in [1.29, 1.82) is 0 Å². The maximum atomic E-state index is 12.0. The van der Waals surface area contributed by atoms with Gasteiger partial charge in [-0.2, -0.15) is 8.42 Å². The Morgan fingerprint density at radius 1 is 1.22 bits per heavy atom. The first-order chi connectivity index (χ1) is 8.02. The molecule has 0 atom stereocenters. The van der Waals surface area contributed by atoms with Gasteiger partial charge in [0.1, 0.15) is 14.2 Å². The van der Waals surface area contributed by atoms with E-state index in [0.717, 1.165) is 6.07 Å². The van der Waals surface area contributed by atoms with Crippen LogP contribution in [0.4, 0.5) is 13.2 Å². The van der Waals surface area contributed by atoms with Gasteiger partial charge in [-0.3, -0.25) is 4.55 Å². The van der Waals surface area contributed by atoms with E-state index < -0.39 is 50.5 Å². The minimum Gasteiger partial charge on any atom is -0.404 e. The summed E-state index contributed by atoms with van der Waals surface area (Å²) in [5.74, 6) is -1.19. The Morgan fingerprint density at radius 2 is 1.78 bits per heavy atom. The Bertz CT molecular complexity index is 625. The van der Waals surface area contributed by atoms with Gasteiger partial charge in [-0.1, -0.05) is 6.07 Å². The molecule has 0 saturated heterocycles. The molecule has 0 heterocycles. The second kappa shape index (κ2) is 4.97. The van der Waals surface area contributed by atoms with Gasteiger partial charge < -0.3 is 4.74 Å². The lowest BCUT2D eigenvalue weighted by Crippen LogP contribution is -2.18. The van der Waals surface area contributed by atoms with Gasteiger partial charge in [-0.05, 0) is 12.1 Å². The molecule has 0 unspecified atom stereocenters. The summed E-state index contributed by atoms with van der Waals surface area (Å²) in [6, 6.07) is 2.11. The number of hydrogen-bond acceptors (Lipinski definition) is 5. The average molecular weight is 400 g/mol. The van der Waals surface area contributed by atoms with E-state index in [1.807, 2.05) is 0 Å². The van der Waals surface area contributed by atoms with Gasteiger partial charge in [0.2, 0.25) is 0 Å². The second-order valence-corrected chi connectivity index (χ2v) is 6.52. The van der Waals surface area contributed by atoms with Crippen LogP contribution in [0.25, 0.3) is 0 Å². The summed E-state index contributed by atoms with van der Waals surface area (Å²) >= 11 is -4.64. The van der Waals surface area contributed by atoms with Crippen molar-refractivity contribution in [2.24, 2.45) is 0 Å². The van der Waals surface area contributed by atoms with Gasteiger partial charge in [-0.25, -0.2) is 6.14 Å². The first kappa shape index (κ1) is 15.1. The van der Waals surface area contributed by atoms with Crippen LogP contribution in [0.1, 0.15) is 0 Å². The predicted octanol–water partition coefficient (Wildman–Crippen LogP) is 2.20. The molecule has 0 bridgehead atoms. The Morgan fingerprint density at radius 3 is 2.17 bits per heavy atom. The van der Waals surface area contributed by atoms with Crippen LogP contribution in [0.5, 0.6) is 5.75 Å². The number of halogens is 4. The third-order valence-corrected chi connectivity index (χ3v) is 4.84. The Kier molecular flexibility index (Phi) is 4.17. The van der Waals surface area contributed by atoms with Crippen LogP contribution in [0, 0.1) is 3.57 Å². The fourth-order valence-corrected chi connectivity index (χ4v) is 4.22. The van der Waals surface area contributed by atoms with Gasteiger partial charge in [0.05, 0.1) is 0 Å². The zero-order chi connectivity index (χ0) is 14.1. The third kappa shape index (κ3) is 3.78. The molecule has 1 aromatic carbocycles. The van der Waals surface area contributed by atoms with Gasteiger partial charge in [-0.15, -0.1) is 13.2 Å². The van der Waals surface area contributed by atoms with Crippen molar-refractivity contribution >= 4 is 29.9 Å². The molecule has 11 heteroatoms. The first-order valence-electron chi connectivity index (χ1n) is 3.94. The molecule has 1 aromatic rings. The third-order valence-electron chi connectivity index (χ3n) is 1.59. The van der Waals surface area contributed by atoms with Crippen LogP contribution in [-0.4, -0.2) is 19.3 Å². The van der Waals surface area contributed by atoms with Crippen molar-refractivity contribution in [1.82, 2.24) is 0 Å². The monoisotopic (exact) mass is 400 g/mol. The molecule has 0 spiro atoms. The number of alkyl halides is 3. The van der Waals surface area contributed by atoms with Gasteiger partial charge in [0.25, 0.3) is 10.1 Å². The van der Waals surface area contributed by atoms with Crippen LogP contribution in [0.15, 0.2) is 23.1 Å². The number of benzene rings is 1. The molecular formula is C7H4F3IO6S. The zero-order valence-corrected chi connectivity index (χ0v) is 11.1. The maximum Gasteiger partial charge on any atom is 0.573 e. The van der Waals surface area contributed by atoms with E-state index in [9.17, 15) is 27.7 Å². The molecule has 0 aliphatic heterocycles. The Balaban J connectivity index is 3.56. The second-order valence-electron chi connectivity index (χ2n) is 2.81. The first-order valence-corrected chi connectivity index (χ1v) is 8.22. The number of rotatable bonds is 3. The summed E-state index contributed by atoms with van der Waals surface area (Å²) in [5.41, 5.74) is 0. The van der Waals surface area contributed by atoms with Crippen molar-refractivity contribution in [3.8, 4) is 5.75 Å². The van der Waals surface area contributed by atoms with Crippen molar-refractivity contribution in [3.05, 3.63) is 21.8 Å². The molecule has 102 valence electrons. The Labute approximate surface area is 106 Å². The minimum absolute atomic E-state index is 0.637. The largest absolute Gasteiger partial charge is 0.573 e. The molecule has 1 N–H and O–H groups in total. The highest BCUT2D eigenvalue weighted by Gasteiger charge is 2.34.